The molecule has 3 aromatic rings. The molecule has 2 aromatic heterocycles. The van der Waals surface area contributed by atoms with Gasteiger partial charge in [0.15, 0.2) is 5.65 Å². The molecular weight excluding hydrogens is 363 g/mol. The molecule has 0 spiro atoms. The monoisotopic (exact) mass is 384 g/mol. The Kier molecular flexibility index (Phi) is 5.39. The van der Waals surface area contributed by atoms with Gasteiger partial charge in [-0.3, -0.25) is 9.59 Å². The molecule has 2 heterocycles. The predicted molar refractivity (Wildman–Crippen MR) is 101 cm³/mol. The van der Waals surface area contributed by atoms with Gasteiger partial charge in [-0.25, -0.2) is 14.1 Å². The zero-order chi connectivity index (χ0) is 20.4. The molecule has 1 aromatic carbocycles. The molecule has 0 aliphatic heterocycles. The molecule has 3 rings (SSSR count). The zero-order valence-corrected chi connectivity index (χ0v) is 15.9. The number of halogens is 1. The molecule has 0 bridgehead atoms. The molecule has 0 saturated carbocycles. The Bertz CT molecular complexity index is 1030. The lowest BCUT2D eigenvalue weighted by atomic mass is 10.1. The minimum absolute atomic E-state index is 0.0497. The van der Waals surface area contributed by atoms with Gasteiger partial charge in [0, 0.05) is 18.0 Å². The fraction of sp³-hybridized carbons (Fsp3) is 0.300. The lowest BCUT2D eigenvalue weighted by molar-refractivity contribution is -0.137. The van der Waals surface area contributed by atoms with Crippen molar-refractivity contribution in [2.24, 2.45) is 0 Å². The second-order valence-electron chi connectivity index (χ2n) is 6.90. The van der Waals surface area contributed by atoms with Crippen molar-refractivity contribution in [3.05, 3.63) is 59.2 Å². The molecule has 1 amide bonds. The van der Waals surface area contributed by atoms with E-state index in [2.05, 4.69) is 10.1 Å². The molecule has 0 aliphatic rings. The van der Waals surface area contributed by atoms with Gasteiger partial charge in [-0.05, 0) is 44.5 Å². The van der Waals surface area contributed by atoms with E-state index in [4.69, 9.17) is 0 Å². The van der Waals surface area contributed by atoms with E-state index in [-0.39, 0.29) is 12.6 Å². The summed E-state index contributed by atoms with van der Waals surface area (Å²) in [4.78, 5) is 30.1. The van der Waals surface area contributed by atoms with Gasteiger partial charge in [-0.1, -0.05) is 12.1 Å². The lowest BCUT2D eigenvalue weighted by Gasteiger charge is -2.22. The van der Waals surface area contributed by atoms with E-state index in [9.17, 15) is 19.1 Å². The SMILES string of the molecule is Cc1nc2c(cnn2C(C)C)cc1C(=O)N(CC(=O)O)Cc1ccc(F)cc1. The van der Waals surface area contributed by atoms with Crippen molar-refractivity contribution in [3.8, 4) is 0 Å². The number of aromatic nitrogens is 3. The second kappa shape index (κ2) is 7.75. The Hall–Kier alpha value is -3.29. The maximum absolute atomic E-state index is 13.1. The topological polar surface area (TPSA) is 88.3 Å². The van der Waals surface area contributed by atoms with Crippen LogP contribution in [0.3, 0.4) is 0 Å². The summed E-state index contributed by atoms with van der Waals surface area (Å²) in [6, 6.07) is 7.41. The van der Waals surface area contributed by atoms with Crippen LogP contribution in [0.2, 0.25) is 0 Å². The quantitative estimate of drug-likeness (QED) is 0.705. The molecule has 8 heteroatoms. The maximum Gasteiger partial charge on any atom is 0.323 e. The van der Waals surface area contributed by atoms with Crippen molar-refractivity contribution < 1.29 is 19.1 Å². The number of amides is 1. The number of fused-ring (bicyclic) bond motifs is 1. The van der Waals surface area contributed by atoms with Crippen molar-refractivity contribution in [2.45, 2.75) is 33.4 Å². The van der Waals surface area contributed by atoms with Gasteiger partial charge in [0.1, 0.15) is 12.4 Å². The van der Waals surface area contributed by atoms with Crippen LogP contribution in [0, 0.1) is 12.7 Å². The summed E-state index contributed by atoms with van der Waals surface area (Å²) >= 11 is 0. The van der Waals surface area contributed by atoms with Gasteiger partial charge in [0.25, 0.3) is 5.91 Å². The molecule has 0 radical (unpaired) electrons. The number of carbonyl (C=O) groups is 2. The maximum atomic E-state index is 13.1. The van der Waals surface area contributed by atoms with Crippen molar-refractivity contribution >= 4 is 22.9 Å². The zero-order valence-electron chi connectivity index (χ0n) is 15.9. The lowest BCUT2D eigenvalue weighted by Crippen LogP contribution is -2.35. The molecule has 28 heavy (non-hydrogen) atoms. The number of carboxylic acid groups (broad SMARTS) is 1. The van der Waals surface area contributed by atoms with E-state index in [1.54, 1.807) is 23.9 Å². The number of carboxylic acids is 1. The highest BCUT2D eigenvalue weighted by atomic mass is 19.1. The Morgan fingerprint density at radius 3 is 2.54 bits per heavy atom. The van der Waals surface area contributed by atoms with Crippen molar-refractivity contribution in [1.29, 1.82) is 0 Å². The smallest absolute Gasteiger partial charge is 0.323 e. The van der Waals surface area contributed by atoms with Crippen LogP contribution in [0.1, 0.15) is 41.5 Å². The summed E-state index contributed by atoms with van der Waals surface area (Å²) in [5, 5.41) is 14.2. The first-order valence-corrected chi connectivity index (χ1v) is 8.86. The van der Waals surface area contributed by atoms with Gasteiger partial charge < -0.3 is 10.0 Å². The van der Waals surface area contributed by atoms with Crippen LogP contribution in [-0.4, -0.2) is 43.2 Å². The first kappa shape index (κ1) is 19.5. The van der Waals surface area contributed by atoms with E-state index in [0.29, 0.717) is 27.9 Å². The van der Waals surface area contributed by atoms with Gasteiger partial charge >= 0.3 is 5.97 Å². The Balaban J connectivity index is 1.96. The predicted octanol–water partition coefficient (Wildman–Crippen LogP) is 3.19. The van der Waals surface area contributed by atoms with Gasteiger partial charge in [0.2, 0.25) is 0 Å². The van der Waals surface area contributed by atoms with Crippen LogP contribution in [0.4, 0.5) is 4.39 Å². The van der Waals surface area contributed by atoms with Gasteiger partial charge in [-0.15, -0.1) is 0 Å². The Morgan fingerprint density at radius 1 is 1.25 bits per heavy atom. The molecule has 0 saturated heterocycles. The van der Waals surface area contributed by atoms with Gasteiger partial charge in [0.05, 0.1) is 17.5 Å². The van der Waals surface area contributed by atoms with Crippen molar-refractivity contribution in [3.63, 3.8) is 0 Å². The average molecular weight is 384 g/mol. The fourth-order valence-electron chi connectivity index (χ4n) is 3.00. The largest absolute Gasteiger partial charge is 0.480 e. The van der Waals surface area contributed by atoms with Crippen LogP contribution in [-0.2, 0) is 11.3 Å². The Labute approximate surface area is 161 Å². The Morgan fingerprint density at radius 2 is 1.93 bits per heavy atom. The molecule has 0 aliphatic carbocycles. The normalized spacial score (nSPS) is 11.2. The first-order chi connectivity index (χ1) is 13.3. The van der Waals surface area contributed by atoms with E-state index < -0.39 is 24.2 Å². The molecule has 0 unspecified atom stereocenters. The highest BCUT2D eigenvalue weighted by molar-refractivity contribution is 5.99. The molecule has 7 nitrogen and oxygen atoms in total. The summed E-state index contributed by atoms with van der Waals surface area (Å²) < 4.78 is 14.9. The average Bonchev–Trinajstić information content (AvgIpc) is 3.04. The standard InChI is InChI=1S/C20H21FN4O3/c1-12(2)25-19-15(9-22-25)8-17(13(3)23-19)20(28)24(11-18(26)27)10-14-4-6-16(21)7-5-14/h4-9,12H,10-11H2,1-3H3,(H,26,27). The van der Waals surface area contributed by atoms with Crippen LogP contribution < -0.4 is 0 Å². The summed E-state index contributed by atoms with van der Waals surface area (Å²) in [7, 11) is 0. The van der Waals surface area contributed by atoms with Crippen molar-refractivity contribution in [1.82, 2.24) is 19.7 Å². The third-order valence-electron chi connectivity index (χ3n) is 4.38. The minimum atomic E-state index is -1.13. The fourth-order valence-corrected chi connectivity index (χ4v) is 3.00. The van der Waals surface area contributed by atoms with Crippen LogP contribution >= 0.6 is 0 Å². The summed E-state index contributed by atoms with van der Waals surface area (Å²) in [6.07, 6.45) is 1.64. The number of aryl methyl sites for hydroxylation is 1. The third-order valence-corrected chi connectivity index (χ3v) is 4.38. The number of hydrogen-bond acceptors (Lipinski definition) is 4. The number of pyridine rings is 1. The van der Waals surface area contributed by atoms with Crippen molar-refractivity contribution in [2.75, 3.05) is 6.54 Å². The first-order valence-electron chi connectivity index (χ1n) is 8.86. The highest BCUT2D eigenvalue weighted by Crippen LogP contribution is 2.21. The summed E-state index contributed by atoms with van der Waals surface area (Å²) in [5.41, 5.74) is 2.12. The van der Waals surface area contributed by atoms with Crippen LogP contribution in [0.15, 0.2) is 36.5 Å². The number of benzene rings is 1. The number of hydrogen-bond donors (Lipinski definition) is 1. The second-order valence-corrected chi connectivity index (χ2v) is 6.90. The third kappa shape index (κ3) is 4.00. The van der Waals surface area contributed by atoms with Crippen LogP contribution in [0.25, 0.3) is 11.0 Å². The summed E-state index contributed by atoms with van der Waals surface area (Å²) in [5.74, 6) is -1.97. The van der Waals surface area contributed by atoms with E-state index in [0.717, 1.165) is 0 Å². The number of carbonyl (C=O) groups excluding carboxylic acids is 1. The van der Waals surface area contributed by atoms with E-state index >= 15 is 0 Å². The number of rotatable bonds is 6. The minimum Gasteiger partial charge on any atom is -0.480 e. The molecule has 146 valence electrons. The van der Waals surface area contributed by atoms with E-state index in [1.165, 1.54) is 29.2 Å². The number of nitrogens with zero attached hydrogens (tertiary/aromatic N) is 4. The van der Waals surface area contributed by atoms with E-state index in [1.807, 2.05) is 13.8 Å². The summed E-state index contributed by atoms with van der Waals surface area (Å²) in [6.45, 7) is 5.26. The molecule has 0 fully saturated rings. The molecule has 0 atom stereocenters. The number of aliphatic carboxylic acids is 1. The molecule has 1 N–H and O–H groups in total. The van der Waals surface area contributed by atoms with Crippen LogP contribution in [0.5, 0.6) is 0 Å². The highest BCUT2D eigenvalue weighted by Gasteiger charge is 2.22. The van der Waals surface area contributed by atoms with Gasteiger partial charge in [-0.2, -0.15) is 5.10 Å². The molecular formula is C20H21FN4O3.